The minimum absolute atomic E-state index is 0.331. The molecule has 0 amide bonds. The van der Waals surface area contributed by atoms with E-state index in [9.17, 15) is 4.39 Å². The van der Waals surface area contributed by atoms with Crippen LogP contribution in [0.1, 0.15) is 5.56 Å². The zero-order valence-corrected chi connectivity index (χ0v) is 12.2. The average molecular weight is 370 g/mol. The minimum Gasteiger partial charge on any atom is -0.352 e. The second kappa shape index (κ2) is 5.51. The first-order valence-corrected chi connectivity index (χ1v) is 6.60. The van der Waals surface area contributed by atoms with Crippen molar-refractivity contribution in [1.29, 1.82) is 5.26 Å². The number of halogens is 3. The highest BCUT2D eigenvalue weighted by atomic mass is 79.9. The third kappa shape index (κ3) is 2.89. The highest BCUT2D eigenvalue weighted by Crippen LogP contribution is 2.26. The van der Waals surface area contributed by atoms with Crippen LogP contribution in [-0.2, 0) is 0 Å². The van der Waals surface area contributed by atoms with Gasteiger partial charge in [0.05, 0.1) is 16.9 Å². The molecule has 0 atom stereocenters. The Morgan fingerprint density at radius 1 is 1.00 bits per heavy atom. The van der Waals surface area contributed by atoms with Crippen molar-refractivity contribution in [1.82, 2.24) is 0 Å². The lowest BCUT2D eigenvalue weighted by molar-refractivity contribution is 0.631. The smallest absolute Gasteiger partial charge is 0.147 e. The van der Waals surface area contributed by atoms with E-state index >= 15 is 0 Å². The third-order valence-electron chi connectivity index (χ3n) is 2.30. The summed E-state index contributed by atoms with van der Waals surface area (Å²) < 4.78 is 15.1. The Hall–Kier alpha value is -1.38. The van der Waals surface area contributed by atoms with Crippen LogP contribution in [0.15, 0.2) is 45.3 Å². The normalized spacial score (nSPS) is 9.89. The number of hydrogen-bond acceptors (Lipinski definition) is 2. The molecule has 18 heavy (non-hydrogen) atoms. The lowest BCUT2D eigenvalue weighted by Gasteiger charge is -2.09. The Morgan fingerprint density at radius 3 is 2.22 bits per heavy atom. The van der Waals surface area contributed by atoms with Gasteiger partial charge >= 0.3 is 0 Å². The van der Waals surface area contributed by atoms with E-state index in [4.69, 9.17) is 5.26 Å². The van der Waals surface area contributed by atoms with Crippen molar-refractivity contribution < 1.29 is 4.39 Å². The Kier molecular flexibility index (Phi) is 4.00. The van der Waals surface area contributed by atoms with Crippen LogP contribution < -0.4 is 5.32 Å². The van der Waals surface area contributed by atoms with Crippen LogP contribution in [0.4, 0.5) is 15.8 Å². The monoisotopic (exact) mass is 368 g/mol. The molecule has 0 fully saturated rings. The lowest BCUT2D eigenvalue weighted by Crippen LogP contribution is -1.96. The van der Waals surface area contributed by atoms with E-state index in [1.165, 1.54) is 6.07 Å². The fraction of sp³-hybridized carbons (Fsp3) is 0. The summed E-state index contributed by atoms with van der Waals surface area (Å²) in [6, 6.07) is 12.0. The van der Waals surface area contributed by atoms with E-state index in [0.29, 0.717) is 21.4 Å². The number of nitrogens with zero attached hydrogens (tertiary/aromatic N) is 1. The second-order valence-electron chi connectivity index (χ2n) is 3.55. The quantitative estimate of drug-likeness (QED) is 0.811. The van der Waals surface area contributed by atoms with Crippen molar-refractivity contribution in [3.05, 3.63) is 56.7 Å². The SMILES string of the molecule is N#Cc1cc(Br)ccc1Nc1ccc(Br)cc1F. The molecule has 0 saturated carbocycles. The van der Waals surface area contributed by atoms with Gasteiger partial charge in [-0.15, -0.1) is 0 Å². The standard InChI is InChI=1S/C13H7Br2FN2/c14-9-1-3-12(8(5-9)7-17)18-13-4-2-10(15)6-11(13)16/h1-6,18H. The summed E-state index contributed by atoms with van der Waals surface area (Å²) >= 11 is 6.48. The molecule has 0 heterocycles. The molecular weight excluding hydrogens is 363 g/mol. The summed E-state index contributed by atoms with van der Waals surface area (Å²) in [6.07, 6.45) is 0. The molecule has 0 aliphatic rings. The van der Waals surface area contributed by atoms with Gasteiger partial charge in [0.1, 0.15) is 11.9 Å². The Labute approximate surface area is 121 Å². The van der Waals surface area contributed by atoms with Gasteiger partial charge in [-0.05, 0) is 36.4 Å². The van der Waals surface area contributed by atoms with Crippen LogP contribution in [0.25, 0.3) is 0 Å². The van der Waals surface area contributed by atoms with Crippen LogP contribution in [-0.4, -0.2) is 0 Å². The van der Waals surface area contributed by atoms with Crippen molar-refractivity contribution in [3.63, 3.8) is 0 Å². The van der Waals surface area contributed by atoms with Gasteiger partial charge in [-0.3, -0.25) is 0 Å². The molecule has 90 valence electrons. The Bertz CT molecular complexity index is 635. The van der Waals surface area contributed by atoms with E-state index in [1.54, 1.807) is 30.3 Å². The molecule has 0 aliphatic heterocycles. The van der Waals surface area contributed by atoms with Gasteiger partial charge in [0, 0.05) is 8.95 Å². The van der Waals surface area contributed by atoms with E-state index in [-0.39, 0.29) is 5.82 Å². The molecule has 0 aromatic heterocycles. The molecule has 0 radical (unpaired) electrons. The van der Waals surface area contributed by atoms with E-state index < -0.39 is 0 Å². The molecule has 2 aromatic rings. The second-order valence-corrected chi connectivity index (χ2v) is 5.38. The molecule has 1 N–H and O–H groups in total. The van der Waals surface area contributed by atoms with Gasteiger partial charge < -0.3 is 5.32 Å². The Balaban J connectivity index is 2.37. The van der Waals surface area contributed by atoms with Gasteiger partial charge in [-0.2, -0.15) is 5.26 Å². The van der Waals surface area contributed by atoms with Crippen molar-refractivity contribution in [2.75, 3.05) is 5.32 Å². The highest BCUT2D eigenvalue weighted by Gasteiger charge is 2.07. The summed E-state index contributed by atoms with van der Waals surface area (Å²) in [5.74, 6) is -0.379. The third-order valence-corrected chi connectivity index (χ3v) is 3.29. The van der Waals surface area contributed by atoms with Gasteiger partial charge in [-0.1, -0.05) is 31.9 Å². The molecule has 2 aromatic carbocycles. The number of rotatable bonds is 2. The Morgan fingerprint density at radius 2 is 1.61 bits per heavy atom. The summed E-state index contributed by atoms with van der Waals surface area (Å²) in [7, 11) is 0. The molecule has 0 bridgehead atoms. The van der Waals surface area contributed by atoms with Crippen LogP contribution in [0.5, 0.6) is 0 Å². The maximum atomic E-state index is 13.7. The van der Waals surface area contributed by atoms with Crippen LogP contribution in [0.2, 0.25) is 0 Å². The molecule has 2 rings (SSSR count). The maximum absolute atomic E-state index is 13.7. The topological polar surface area (TPSA) is 35.8 Å². The fourth-order valence-corrected chi connectivity index (χ4v) is 2.15. The van der Waals surface area contributed by atoms with Gasteiger partial charge in [0.2, 0.25) is 0 Å². The first kappa shape index (κ1) is 13.1. The molecule has 5 heteroatoms. The predicted molar refractivity (Wildman–Crippen MR) is 76.2 cm³/mol. The predicted octanol–water partition coefficient (Wildman–Crippen LogP) is 4.97. The maximum Gasteiger partial charge on any atom is 0.147 e. The summed E-state index contributed by atoms with van der Waals surface area (Å²) in [5, 5.41) is 11.9. The van der Waals surface area contributed by atoms with Crippen LogP contribution in [0.3, 0.4) is 0 Å². The van der Waals surface area contributed by atoms with E-state index in [2.05, 4.69) is 43.2 Å². The van der Waals surface area contributed by atoms with Crippen molar-refractivity contribution in [2.45, 2.75) is 0 Å². The first-order chi connectivity index (χ1) is 8.60. The average Bonchev–Trinajstić information content (AvgIpc) is 2.34. The van der Waals surface area contributed by atoms with Crippen molar-refractivity contribution >= 4 is 43.2 Å². The number of nitriles is 1. The summed E-state index contributed by atoms with van der Waals surface area (Å²) in [5.41, 5.74) is 1.35. The fourth-order valence-electron chi connectivity index (χ4n) is 1.45. The molecule has 0 saturated heterocycles. The van der Waals surface area contributed by atoms with Crippen molar-refractivity contribution in [3.8, 4) is 6.07 Å². The van der Waals surface area contributed by atoms with Gasteiger partial charge in [0.15, 0.2) is 0 Å². The van der Waals surface area contributed by atoms with Gasteiger partial charge in [-0.25, -0.2) is 4.39 Å². The molecule has 0 aliphatic carbocycles. The van der Waals surface area contributed by atoms with E-state index in [1.807, 2.05) is 0 Å². The molecule has 0 spiro atoms. The zero-order valence-electron chi connectivity index (χ0n) is 9.05. The van der Waals surface area contributed by atoms with E-state index in [0.717, 1.165) is 4.47 Å². The largest absolute Gasteiger partial charge is 0.352 e. The first-order valence-electron chi connectivity index (χ1n) is 5.02. The number of anilines is 2. The summed E-state index contributed by atoms with van der Waals surface area (Å²) in [4.78, 5) is 0. The minimum atomic E-state index is -0.379. The zero-order chi connectivity index (χ0) is 13.1. The van der Waals surface area contributed by atoms with Crippen LogP contribution in [0, 0.1) is 17.1 Å². The number of nitrogens with one attached hydrogen (secondary N) is 1. The molecule has 2 nitrogen and oxygen atoms in total. The molecule has 0 unspecified atom stereocenters. The number of hydrogen-bond donors (Lipinski definition) is 1. The summed E-state index contributed by atoms with van der Waals surface area (Å²) in [6.45, 7) is 0. The van der Waals surface area contributed by atoms with Gasteiger partial charge in [0.25, 0.3) is 0 Å². The molecular formula is C13H7Br2FN2. The van der Waals surface area contributed by atoms with Crippen LogP contribution >= 0.6 is 31.9 Å². The highest BCUT2D eigenvalue weighted by molar-refractivity contribution is 9.10. The van der Waals surface area contributed by atoms with Crippen molar-refractivity contribution in [2.24, 2.45) is 0 Å². The lowest BCUT2D eigenvalue weighted by atomic mass is 10.2. The number of benzene rings is 2.